The molecule has 1 saturated heterocycles. The highest BCUT2D eigenvalue weighted by molar-refractivity contribution is 5.93. The van der Waals surface area contributed by atoms with Crippen molar-refractivity contribution >= 4 is 12.2 Å². The van der Waals surface area contributed by atoms with Crippen molar-refractivity contribution in [1.29, 1.82) is 0 Å². The van der Waals surface area contributed by atoms with Crippen molar-refractivity contribution in [2.75, 3.05) is 20.1 Å². The second-order valence-corrected chi connectivity index (χ2v) is 4.67. The van der Waals surface area contributed by atoms with Crippen molar-refractivity contribution in [2.45, 2.75) is 19.3 Å². The van der Waals surface area contributed by atoms with Crippen LogP contribution in [0.4, 0.5) is 0 Å². The van der Waals surface area contributed by atoms with Gasteiger partial charge in [-0.05, 0) is 25.5 Å². The first-order valence-electron chi connectivity index (χ1n) is 6.04. The Hall–Kier alpha value is -1.58. The Morgan fingerprint density at radius 1 is 1.41 bits per heavy atom. The van der Waals surface area contributed by atoms with Crippen LogP contribution >= 0.6 is 0 Å². The zero-order valence-electron chi connectivity index (χ0n) is 10.1. The summed E-state index contributed by atoms with van der Waals surface area (Å²) in [5, 5.41) is 0. The Kier molecular flexibility index (Phi) is 3.61. The van der Waals surface area contributed by atoms with Crippen LogP contribution in [0.25, 0.3) is 0 Å². The van der Waals surface area contributed by atoms with E-state index in [1.807, 2.05) is 35.3 Å². The average molecular weight is 234 g/mol. The van der Waals surface area contributed by atoms with Gasteiger partial charge in [0.15, 0.2) is 0 Å². The minimum atomic E-state index is 0.116. The number of aldehydes is 1. The molecule has 0 atom stereocenters. The van der Waals surface area contributed by atoms with E-state index < -0.39 is 0 Å². The number of allylic oxidation sites excluding steroid dienone is 1. The van der Waals surface area contributed by atoms with Crippen LogP contribution in [0.5, 0.6) is 0 Å². The van der Waals surface area contributed by atoms with E-state index in [1.54, 1.807) is 0 Å². The molecule has 0 saturated carbocycles. The van der Waals surface area contributed by atoms with E-state index in [0.717, 1.165) is 24.7 Å². The van der Waals surface area contributed by atoms with Crippen LogP contribution in [-0.2, 0) is 9.59 Å². The number of piperidine rings is 1. The first-order valence-corrected chi connectivity index (χ1v) is 6.04. The van der Waals surface area contributed by atoms with Gasteiger partial charge < -0.3 is 14.6 Å². The molecule has 0 unspecified atom stereocenters. The second-order valence-electron chi connectivity index (χ2n) is 4.67. The Balaban J connectivity index is 1.95. The number of carbonyl (C=O) groups excluding carboxylic acids is 2. The van der Waals surface area contributed by atoms with Gasteiger partial charge in [0.1, 0.15) is 6.29 Å². The quantitative estimate of drug-likeness (QED) is 0.673. The molecule has 0 aromatic carbocycles. The molecule has 2 heterocycles. The maximum Gasteiger partial charge on any atom is 0.251 e. The zero-order chi connectivity index (χ0) is 12.3. The minimum Gasteiger partial charge on any atom is -0.357 e. The molecule has 2 rings (SSSR count). The Bertz CT molecular complexity index is 366. The average Bonchev–Trinajstić information content (AvgIpc) is 2.38. The Morgan fingerprint density at radius 3 is 2.71 bits per heavy atom. The van der Waals surface area contributed by atoms with Gasteiger partial charge in [0, 0.05) is 37.8 Å². The van der Waals surface area contributed by atoms with Crippen molar-refractivity contribution in [3.63, 3.8) is 0 Å². The number of carbonyl (C=O) groups is 2. The lowest BCUT2D eigenvalue weighted by molar-refractivity contribution is -0.129. The summed E-state index contributed by atoms with van der Waals surface area (Å²) in [5.41, 5.74) is 0.833. The summed E-state index contributed by atoms with van der Waals surface area (Å²) in [5.74, 6) is 0.257. The molecular formula is C13H18N2O2. The van der Waals surface area contributed by atoms with Gasteiger partial charge in [-0.1, -0.05) is 6.08 Å². The van der Waals surface area contributed by atoms with Gasteiger partial charge in [0.2, 0.25) is 0 Å². The van der Waals surface area contributed by atoms with E-state index in [-0.39, 0.29) is 11.8 Å². The van der Waals surface area contributed by atoms with E-state index in [2.05, 4.69) is 0 Å². The maximum absolute atomic E-state index is 12.2. The predicted octanol–water partition coefficient (Wildman–Crippen LogP) is 1.16. The molecule has 0 radical (unpaired) electrons. The van der Waals surface area contributed by atoms with Crippen LogP contribution in [0.1, 0.15) is 19.3 Å². The number of hydrogen-bond donors (Lipinski definition) is 0. The Morgan fingerprint density at radius 2 is 2.12 bits per heavy atom. The number of hydrogen-bond acceptors (Lipinski definition) is 3. The highest BCUT2D eigenvalue weighted by Gasteiger charge is 2.24. The van der Waals surface area contributed by atoms with Crippen LogP contribution in [0.15, 0.2) is 24.0 Å². The number of nitrogens with zero attached hydrogens (tertiary/aromatic N) is 2. The van der Waals surface area contributed by atoms with Gasteiger partial charge in [-0.3, -0.25) is 4.79 Å². The fraction of sp³-hybridized carbons (Fsp3) is 0.538. The molecule has 0 aliphatic carbocycles. The molecule has 2 aliphatic rings. The topological polar surface area (TPSA) is 40.6 Å². The fourth-order valence-corrected chi connectivity index (χ4v) is 2.27. The molecule has 2 aliphatic heterocycles. The van der Waals surface area contributed by atoms with Crippen molar-refractivity contribution < 1.29 is 9.59 Å². The van der Waals surface area contributed by atoms with Crippen LogP contribution in [0, 0.1) is 5.92 Å². The van der Waals surface area contributed by atoms with Gasteiger partial charge in [-0.2, -0.15) is 0 Å². The third kappa shape index (κ3) is 2.75. The monoisotopic (exact) mass is 234 g/mol. The lowest BCUT2D eigenvalue weighted by Crippen LogP contribution is -2.40. The minimum absolute atomic E-state index is 0.116. The van der Waals surface area contributed by atoms with Crippen LogP contribution in [-0.4, -0.2) is 42.1 Å². The molecule has 1 amide bonds. The van der Waals surface area contributed by atoms with Crippen LogP contribution < -0.4 is 0 Å². The lowest BCUT2D eigenvalue weighted by atomic mass is 9.97. The van der Waals surface area contributed by atoms with Crippen molar-refractivity contribution in [2.24, 2.45) is 5.92 Å². The summed E-state index contributed by atoms with van der Waals surface area (Å²) in [6.45, 7) is 1.40. The summed E-state index contributed by atoms with van der Waals surface area (Å²) in [6.07, 6.45) is 9.15. The summed E-state index contributed by atoms with van der Waals surface area (Å²) < 4.78 is 0. The van der Waals surface area contributed by atoms with Gasteiger partial charge >= 0.3 is 0 Å². The molecule has 4 heteroatoms. The van der Waals surface area contributed by atoms with Crippen LogP contribution in [0.2, 0.25) is 0 Å². The van der Waals surface area contributed by atoms with Gasteiger partial charge in [-0.15, -0.1) is 0 Å². The molecule has 0 aromatic rings. The highest BCUT2D eigenvalue weighted by atomic mass is 16.2. The van der Waals surface area contributed by atoms with Crippen molar-refractivity contribution in [3.05, 3.63) is 24.0 Å². The number of likely N-dealkylation sites (tertiary alicyclic amines) is 1. The van der Waals surface area contributed by atoms with Gasteiger partial charge in [0.05, 0.1) is 0 Å². The maximum atomic E-state index is 12.2. The fourth-order valence-electron chi connectivity index (χ4n) is 2.27. The van der Waals surface area contributed by atoms with Crippen molar-refractivity contribution in [3.8, 4) is 0 Å². The number of amides is 1. The van der Waals surface area contributed by atoms with Crippen molar-refractivity contribution in [1.82, 2.24) is 9.80 Å². The largest absolute Gasteiger partial charge is 0.357 e. The summed E-state index contributed by atoms with van der Waals surface area (Å²) in [7, 11) is 1.92. The molecule has 0 bridgehead atoms. The number of rotatable bonds is 2. The SMILES string of the molecule is CN1C=CCC(C(=O)N2CCC(C=O)CC2)=C1. The second kappa shape index (κ2) is 5.17. The van der Waals surface area contributed by atoms with E-state index in [1.165, 1.54) is 0 Å². The predicted molar refractivity (Wildman–Crippen MR) is 65.0 cm³/mol. The molecule has 17 heavy (non-hydrogen) atoms. The third-order valence-electron chi connectivity index (χ3n) is 3.33. The summed E-state index contributed by atoms with van der Waals surface area (Å²) in [6, 6.07) is 0. The molecule has 0 spiro atoms. The summed E-state index contributed by atoms with van der Waals surface area (Å²) >= 11 is 0. The van der Waals surface area contributed by atoms with E-state index in [0.29, 0.717) is 19.5 Å². The lowest BCUT2D eigenvalue weighted by Gasteiger charge is -2.31. The molecule has 4 nitrogen and oxygen atoms in total. The van der Waals surface area contributed by atoms with Gasteiger partial charge in [0.25, 0.3) is 5.91 Å². The summed E-state index contributed by atoms with van der Waals surface area (Å²) in [4.78, 5) is 26.6. The highest BCUT2D eigenvalue weighted by Crippen LogP contribution is 2.19. The van der Waals surface area contributed by atoms with Gasteiger partial charge in [-0.25, -0.2) is 0 Å². The normalized spacial score (nSPS) is 21.4. The molecule has 92 valence electrons. The molecule has 0 N–H and O–H groups in total. The standard InChI is InChI=1S/C13H18N2O2/c1-14-6-2-3-12(9-14)13(17)15-7-4-11(10-16)5-8-15/h2,6,9-11H,3-5,7-8H2,1H3. The first-order chi connectivity index (χ1) is 8.20. The smallest absolute Gasteiger partial charge is 0.251 e. The van der Waals surface area contributed by atoms with E-state index >= 15 is 0 Å². The van der Waals surface area contributed by atoms with E-state index in [4.69, 9.17) is 0 Å². The molecule has 1 fully saturated rings. The van der Waals surface area contributed by atoms with Crippen LogP contribution in [0.3, 0.4) is 0 Å². The molecule has 0 aromatic heterocycles. The molecular weight excluding hydrogens is 216 g/mol. The zero-order valence-corrected chi connectivity index (χ0v) is 10.1. The first kappa shape index (κ1) is 11.9. The van der Waals surface area contributed by atoms with E-state index in [9.17, 15) is 9.59 Å². The Labute approximate surface area is 102 Å². The third-order valence-corrected chi connectivity index (χ3v) is 3.33.